The third kappa shape index (κ3) is 4.13. The topological polar surface area (TPSA) is 70.9 Å². The number of amides is 1. The Labute approximate surface area is 154 Å². The van der Waals surface area contributed by atoms with Gasteiger partial charge in [-0.3, -0.25) is 4.79 Å². The van der Waals surface area contributed by atoms with Gasteiger partial charge in [0.05, 0.1) is 11.1 Å². The van der Waals surface area contributed by atoms with Gasteiger partial charge in [-0.05, 0) is 36.8 Å². The maximum atomic E-state index is 12.7. The Hall–Kier alpha value is -3.22. The van der Waals surface area contributed by atoms with E-state index in [1.807, 2.05) is 24.3 Å². The van der Waals surface area contributed by atoms with Crippen LogP contribution in [0.3, 0.4) is 0 Å². The molecule has 0 aliphatic heterocycles. The number of benzene rings is 2. The van der Waals surface area contributed by atoms with Gasteiger partial charge in [-0.25, -0.2) is 0 Å². The zero-order valence-corrected chi connectivity index (χ0v) is 14.5. The Morgan fingerprint density at radius 3 is 2.37 bits per heavy atom. The lowest BCUT2D eigenvalue weighted by Crippen LogP contribution is -2.10. The molecule has 140 valence electrons. The molecule has 0 unspecified atom stereocenters. The number of primary amides is 1. The second-order valence-corrected chi connectivity index (χ2v) is 6.18. The van der Waals surface area contributed by atoms with Crippen LogP contribution in [0.4, 0.5) is 18.9 Å². The van der Waals surface area contributed by atoms with E-state index in [2.05, 4.69) is 10.3 Å². The summed E-state index contributed by atoms with van der Waals surface area (Å²) in [7, 11) is 0. The summed E-state index contributed by atoms with van der Waals surface area (Å²) >= 11 is 0. The van der Waals surface area contributed by atoms with Crippen LogP contribution in [-0.2, 0) is 12.7 Å². The average molecular weight is 373 g/mol. The summed E-state index contributed by atoms with van der Waals surface area (Å²) in [4.78, 5) is 14.6. The molecule has 0 saturated heterocycles. The number of nitrogens with one attached hydrogen (secondary N) is 2. The molecule has 1 amide bonds. The minimum atomic E-state index is -4.35. The van der Waals surface area contributed by atoms with Crippen LogP contribution >= 0.6 is 0 Å². The molecule has 0 aliphatic rings. The Morgan fingerprint density at radius 1 is 1.11 bits per heavy atom. The van der Waals surface area contributed by atoms with Crippen molar-refractivity contribution in [3.05, 3.63) is 77.0 Å². The third-order valence-electron chi connectivity index (χ3n) is 4.26. The zero-order chi connectivity index (χ0) is 19.6. The molecule has 4 nitrogen and oxygen atoms in total. The lowest BCUT2D eigenvalue weighted by atomic mass is 10.1. The number of carbonyl (C=O) groups is 1. The van der Waals surface area contributed by atoms with Crippen LogP contribution in [0.1, 0.15) is 27.2 Å². The largest absolute Gasteiger partial charge is 0.416 e. The molecule has 0 aliphatic carbocycles. The quantitative estimate of drug-likeness (QED) is 0.606. The first-order valence-electron chi connectivity index (χ1n) is 8.24. The first-order valence-corrected chi connectivity index (χ1v) is 8.24. The highest BCUT2D eigenvalue weighted by molar-refractivity contribution is 5.96. The van der Waals surface area contributed by atoms with Crippen molar-refractivity contribution in [3.8, 4) is 11.3 Å². The maximum Gasteiger partial charge on any atom is 0.416 e. The Kier molecular flexibility index (Phi) is 4.94. The van der Waals surface area contributed by atoms with Crippen LogP contribution in [0.25, 0.3) is 11.3 Å². The van der Waals surface area contributed by atoms with Crippen LogP contribution in [-0.4, -0.2) is 10.9 Å². The molecule has 0 fully saturated rings. The molecule has 0 atom stereocenters. The van der Waals surface area contributed by atoms with Gasteiger partial charge in [0.25, 0.3) is 5.91 Å². The van der Waals surface area contributed by atoms with Gasteiger partial charge in [0.15, 0.2) is 0 Å². The van der Waals surface area contributed by atoms with Gasteiger partial charge in [0.1, 0.15) is 0 Å². The smallest absolute Gasteiger partial charge is 0.380 e. The van der Waals surface area contributed by atoms with Crippen molar-refractivity contribution >= 4 is 11.6 Å². The first kappa shape index (κ1) is 18.6. The van der Waals surface area contributed by atoms with Crippen molar-refractivity contribution in [3.63, 3.8) is 0 Å². The molecule has 0 radical (unpaired) electrons. The molecule has 1 heterocycles. The minimum Gasteiger partial charge on any atom is -0.380 e. The summed E-state index contributed by atoms with van der Waals surface area (Å²) in [6, 6.07) is 14.2. The van der Waals surface area contributed by atoms with E-state index in [0.29, 0.717) is 17.8 Å². The summed E-state index contributed by atoms with van der Waals surface area (Å²) < 4.78 is 38.0. The molecule has 1 aromatic heterocycles. The number of anilines is 1. The predicted molar refractivity (Wildman–Crippen MR) is 98.3 cm³/mol. The number of alkyl halides is 3. The highest BCUT2D eigenvalue weighted by Crippen LogP contribution is 2.31. The molecular formula is C20H18F3N3O. The van der Waals surface area contributed by atoms with E-state index in [0.717, 1.165) is 34.6 Å². The molecule has 3 aromatic rings. The molecule has 0 bridgehead atoms. The van der Waals surface area contributed by atoms with Crippen LogP contribution in [0, 0.1) is 6.92 Å². The number of aromatic amines is 1. The molecule has 3 rings (SSSR count). The van der Waals surface area contributed by atoms with Gasteiger partial charge in [0, 0.05) is 29.2 Å². The highest BCUT2D eigenvalue weighted by Gasteiger charge is 2.29. The summed E-state index contributed by atoms with van der Waals surface area (Å²) in [5, 5.41) is 3.23. The Balaban J connectivity index is 1.81. The lowest BCUT2D eigenvalue weighted by Gasteiger charge is -2.12. The van der Waals surface area contributed by atoms with E-state index in [1.54, 1.807) is 13.0 Å². The molecule has 7 heteroatoms. The van der Waals surface area contributed by atoms with Crippen molar-refractivity contribution in [2.24, 2.45) is 5.73 Å². The van der Waals surface area contributed by atoms with Crippen molar-refractivity contribution < 1.29 is 18.0 Å². The summed E-state index contributed by atoms with van der Waals surface area (Å²) in [5.74, 6) is -0.509. The van der Waals surface area contributed by atoms with Gasteiger partial charge in [-0.2, -0.15) is 13.2 Å². The predicted octanol–water partition coefficient (Wildman–Crippen LogP) is 4.72. The number of nitrogens with two attached hydrogens (primary N) is 1. The molecule has 0 saturated carbocycles. The number of aryl methyl sites for hydroxylation is 1. The number of rotatable bonds is 5. The fraction of sp³-hybridized carbons (Fsp3) is 0.150. The van der Waals surface area contributed by atoms with Crippen LogP contribution in [0.15, 0.2) is 54.6 Å². The normalized spacial score (nSPS) is 11.4. The second-order valence-electron chi connectivity index (χ2n) is 6.18. The molecule has 4 N–H and O–H groups in total. The number of hydrogen-bond acceptors (Lipinski definition) is 2. The van der Waals surface area contributed by atoms with Gasteiger partial charge < -0.3 is 16.0 Å². The fourth-order valence-corrected chi connectivity index (χ4v) is 2.84. The van der Waals surface area contributed by atoms with Crippen LogP contribution in [0.2, 0.25) is 0 Å². The monoisotopic (exact) mass is 373 g/mol. The van der Waals surface area contributed by atoms with Crippen molar-refractivity contribution in [2.75, 3.05) is 5.32 Å². The van der Waals surface area contributed by atoms with Crippen molar-refractivity contribution in [1.29, 1.82) is 0 Å². The number of aromatic nitrogens is 1. The maximum absolute atomic E-state index is 12.7. The second kappa shape index (κ2) is 7.19. The van der Waals surface area contributed by atoms with Gasteiger partial charge in [-0.15, -0.1) is 0 Å². The van der Waals surface area contributed by atoms with Crippen LogP contribution < -0.4 is 11.1 Å². The highest BCUT2D eigenvalue weighted by atomic mass is 19.4. The summed E-state index contributed by atoms with van der Waals surface area (Å²) in [6.45, 7) is 2.12. The minimum absolute atomic E-state index is 0.359. The number of H-pyrrole nitrogens is 1. The van der Waals surface area contributed by atoms with E-state index in [1.165, 1.54) is 12.1 Å². The Morgan fingerprint density at radius 2 is 1.78 bits per heavy atom. The zero-order valence-electron chi connectivity index (χ0n) is 14.5. The summed E-state index contributed by atoms with van der Waals surface area (Å²) in [6.07, 6.45) is -4.35. The number of carbonyl (C=O) groups excluding carboxylic acids is 1. The average Bonchev–Trinajstić information content (AvgIpc) is 3.02. The van der Waals surface area contributed by atoms with E-state index < -0.39 is 17.6 Å². The molecular weight excluding hydrogens is 355 g/mol. The van der Waals surface area contributed by atoms with Crippen molar-refractivity contribution in [2.45, 2.75) is 19.6 Å². The van der Waals surface area contributed by atoms with E-state index in [9.17, 15) is 18.0 Å². The number of para-hydroxylation sites is 1. The van der Waals surface area contributed by atoms with E-state index >= 15 is 0 Å². The van der Waals surface area contributed by atoms with E-state index in [4.69, 9.17) is 5.73 Å². The Bertz CT molecular complexity index is 959. The molecule has 2 aromatic carbocycles. The SMILES string of the molecule is Cc1[nH]c(-c2ccccc2NCc2ccc(C(F)(F)F)cc2)cc1C(N)=O. The van der Waals surface area contributed by atoms with Gasteiger partial charge >= 0.3 is 6.18 Å². The fourth-order valence-electron chi connectivity index (χ4n) is 2.84. The number of halogens is 3. The summed E-state index contributed by atoms with van der Waals surface area (Å²) in [5.41, 5.74) is 8.86. The van der Waals surface area contributed by atoms with Gasteiger partial charge in [-0.1, -0.05) is 30.3 Å². The van der Waals surface area contributed by atoms with Crippen LogP contribution in [0.5, 0.6) is 0 Å². The standard InChI is InChI=1S/C20H18F3N3O/c1-12-16(19(24)27)10-18(26-12)15-4-2-3-5-17(15)25-11-13-6-8-14(9-7-13)20(21,22)23/h2-10,25-26H,11H2,1H3,(H2,24,27). The third-order valence-corrected chi connectivity index (χ3v) is 4.26. The van der Waals surface area contributed by atoms with E-state index in [-0.39, 0.29) is 0 Å². The number of hydrogen-bond donors (Lipinski definition) is 3. The van der Waals surface area contributed by atoms with Crippen molar-refractivity contribution in [1.82, 2.24) is 4.98 Å². The lowest BCUT2D eigenvalue weighted by molar-refractivity contribution is -0.137. The molecule has 0 spiro atoms. The molecule has 27 heavy (non-hydrogen) atoms. The first-order chi connectivity index (χ1) is 12.8. The van der Waals surface area contributed by atoms with Gasteiger partial charge in [0.2, 0.25) is 0 Å².